The molecule has 28 heavy (non-hydrogen) atoms. The summed E-state index contributed by atoms with van der Waals surface area (Å²) in [6.07, 6.45) is 4.55. The van der Waals surface area contributed by atoms with Crippen molar-refractivity contribution in [3.63, 3.8) is 0 Å². The molecule has 0 spiro atoms. The van der Waals surface area contributed by atoms with Crippen molar-refractivity contribution < 1.29 is 9.53 Å². The number of benzene rings is 2. The smallest absolute Gasteiger partial charge is 0.259 e. The van der Waals surface area contributed by atoms with Crippen LogP contribution in [0, 0.1) is 0 Å². The number of hydrogen-bond donors (Lipinski definition) is 1. The molecule has 2 rings (SSSR count). The number of nitrogens with one attached hydrogen (secondary N) is 1. The van der Waals surface area contributed by atoms with Crippen molar-refractivity contribution in [1.82, 2.24) is 0 Å². The molecule has 4 nitrogen and oxygen atoms in total. The van der Waals surface area contributed by atoms with E-state index in [0.29, 0.717) is 17.9 Å². The first-order valence-corrected chi connectivity index (χ1v) is 11.0. The minimum atomic E-state index is -0.166. The van der Waals surface area contributed by atoms with Crippen LogP contribution in [0.25, 0.3) is 0 Å². The number of amides is 1. The Kier molecular flexibility index (Phi) is 9.35. The quantitative estimate of drug-likeness (QED) is 0.400. The van der Waals surface area contributed by atoms with Crippen LogP contribution in [0.5, 0.6) is 5.75 Å². The molecule has 0 atom stereocenters. The molecule has 0 aromatic heterocycles. The highest BCUT2D eigenvalue weighted by Gasteiger charge is 2.14. The second-order valence-corrected chi connectivity index (χ2v) is 7.64. The van der Waals surface area contributed by atoms with Gasteiger partial charge in [-0.05, 0) is 62.7 Å². The third kappa shape index (κ3) is 6.55. The van der Waals surface area contributed by atoms with Crippen molar-refractivity contribution in [1.29, 1.82) is 0 Å². The summed E-state index contributed by atoms with van der Waals surface area (Å²) < 4.78 is 6.74. The third-order valence-electron chi connectivity index (χ3n) is 4.70. The van der Waals surface area contributed by atoms with Gasteiger partial charge in [0.2, 0.25) is 0 Å². The number of halogens is 1. The zero-order valence-corrected chi connectivity index (χ0v) is 18.7. The van der Waals surface area contributed by atoms with E-state index in [1.165, 1.54) is 12.8 Å². The summed E-state index contributed by atoms with van der Waals surface area (Å²) in [7, 11) is 0. The summed E-state index contributed by atoms with van der Waals surface area (Å²) in [5.74, 6) is 0.456. The number of anilines is 2. The molecular weight excluding hydrogens is 416 g/mol. The fourth-order valence-electron chi connectivity index (χ4n) is 3.06. The topological polar surface area (TPSA) is 41.6 Å². The minimum absolute atomic E-state index is 0.166. The molecule has 0 saturated heterocycles. The van der Waals surface area contributed by atoms with Crippen molar-refractivity contribution in [2.75, 3.05) is 29.9 Å². The monoisotopic (exact) mass is 446 g/mol. The lowest BCUT2D eigenvalue weighted by Gasteiger charge is -2.21. The van der Waals surface area contributed by atoms with E-state index in [-0.39, 0.29) is 5.91 Å². The van der Waals surface area contributed by atoms with E-state index in [0.717, 1.165) is 41.8 Å². The fraction of sp³-hybridized carbons (Fsp3) is 0.435. The number of nitrogens with zero attached hydrogens (tertiary/aromatic N) is 1. The van der Waals surface area contributed by atoms with Crippen LogP contribution >= 0.6 is 15.9 Å². The predicted octanol–water partition coefficient (Wildman–Crippen LogP) is 6.51. The van der Waals surface area contributed by atoms with E-state index in [9.17, 15) is 4.79 Å². The lowest BCUT2D eigenvalue weighted by Crippen LogP contribution is -2.21. The van der Waals surface area contributed by atoms with Gasteiger partial charge in [0.05, 0.1) is 12.2 Å². The molecule has 2 aromatic carbocycles. The normalized spacial score (nSPS) is 10.6. The Morgan fingerprint density at radius 3 is 2.36 bits per heavy atom. The van der Waals surface area contributed by atoms with Crippen LogP contribution in [0.1, 0.15) is 56.8 Å². The highest BCUT2D eigenvalue weighted by atomic mass is 79.9. The molecular formula is C23H31BrN2O2. The molecule has 2 aromatic rings. The molecule has 1 amide bonds. The summed E-state index contributed by atoms with van der Waals surface area (Å²) in [6, 6.07) is 13.5. The average Bonchev–Trinajstić information content (AvgIpc) is 2.71. The highest BCUT2D eigenvalue weighted by molar-refractivity contribution is 9.10. The largest absolute Gasteiger partial charge is 0.493 e. The first-order valence-electron chi connectivity index (χ1n) is 10.2. The van der Waals surface area contributed by atoms with Crippen LogP contribution in [-0.4, -0.2) is 25.6 Å². The standard InChI is InChI=1S/C23H31BrN2O2/c1-4-7-8-9-16-28-22-15-10-18(24)17-21(22)23(27)25-19-11-13-20(14-12-19)26(5-2)6-3/h10-15,17H,4-9,16H2,1-3H3,(H,25,27). The summed E-state index contributed by atoms with van der Waals surface area (Å²) in [5, 5.41) is 2.98. The van der Waals surface area contributed by atoms with Crippen LogP contribution < -0.4 is 15.0 Å². The molecule has 0 unspecified atom stereocenters. The third-order valence-corrected chi connectivity index (χ3v) is 5.19. The second-order valence-electron chi connectivity index (χ2n) is 6.72. The predicted molar refractivity (Wildman–Crippen MR) is 122 cm³/mol. The van der Waals surface area contributed by atoms with Crippen molar-refractivity contribution in [2.24, 2.45) is 0 Å². The second kappa shape index (κ2) is 11.7. The molecule has 0 aliphatic heterocycles. The van der Waals surface area contributed by atoms with E-state index in [2.05, 4.69) is 46.9 Å². The zero-order chi connectivity index (χ0) is 20.4. The van der Waals surface area contributed by atoms with Gasteiger partial charge in [0.15, 0.2) is 0 Å². The van der Waals surface area contributed by atoms with Gasteiger partial charge in [-0.25, -0.2) is 0 Å². The highest BCUT2D eigenvalue weighted by Crippen LogP contribution is 2.25. The lowest BCUT2D eigenvalue weighted by molar-refractivity contribution is 0.102. The Bertz CT molecular complexity index is 743. The van der Waals surface area contributed by atoms with E-state index >= 15 is 0 Å². The fourth-order valence-corrected chi connectivity index (χ4v) is 3.42. The van der Waals surface area contributed by atoms with Crippen LogP contribution in [0.15, 0.2) is 46.9 Å². The number of carbonyl (C=O) groups is 1. The molecule has 0 heterocycles. The summed E-state index contributed by atoms with van der Waals surface area (Å²) in [6.45, 7) is 9.00. The maximum atomic E-state index is 12.8. The molecule has 0 aliphatic carbocycles. The van der Waals surface area contributed by atoms with Crippen LogP contribution in [0.4, 0.5) is 11.4 Å². The maximum Gasteiger partial charge on any atom is 0.259 e. The summed E-state index contributed by atoms with van der Waals surface area (Å²) >= 11 is 3.45. The van der Waals surface area contributed by atoms with Gasteiger partial charge in [0, 0.05) is 28.9 Å². The number of carbonyl (C=O) groups excluding carboxylic acids is 1. The first-order chi connectivity index (χ1) is 13.6. The van der Waals surface area contributed by atoms with Crippen molar-refractivity contribution >= 4 is 33.2 Å². The Balaban J connectivity index is 2.05. The Morgan fingerprint density at radius 1 is 1.00 bits per heavy atom. The molecule has 1 N–H and O–H groups in total. The first kappa shape index (κ1) is 22.3. The van der Waals surface area contributed by atoms with Gasteiger partial charge in [-0.15, -0.1) is 0 Å². The molecule has 0 fully saturated rings. The number of ether oxygens (including phenoxy) is 1. The maximum absolute atomic E-state index is 12.8. The molecule has 152 valence electrons. The number of unbranched alkanes of at least 4 members (excludes halogenated alkanes) is 3. The van der Waals surface area contributed by atoms with Crippen molar-refractivity contribution in [3.8, 4) is 5.75 Å². The van der Waals surface area contributed by atoms with Gasteiger partial charge < -0.3 is 15.0 Å². The number of rotatable bonds is 11. The molecule has 0 bridgehead atoms. The zero-order valence-electron chi connectivity index (χ0n) is 17.1. The van der Waals surface area contributed by atoms with Crippen molar-refractivity contribution in [2.45, 2.75) is 46.5 Å². The van der Waals surface area contributed by atoms with Crippen LogP contribution in [0.2, 0.25) is 0 Å². The number of hydrogen-bond acceptors (Lipinski definition) is 3. The molecule has 5 heteroatoms. The van der Waals surface area contributed by atoms with E-state index in [1.54, 1.807) is 6.07 Å². The van der Waals surface area contributed by atoms with Gasteiger partial charge in [0.1, 0.15) is 5.75 Å². The molecule has 0 saturated carbocycles. The average molecular weight is 447 g/mol. The van der Waals surface area contributed by atoms with E-state index < -0.39 is 0 Å². The van der Waals surface area contributed by atoms with E-state index in [4.69, 9.17) is 4.74 Å². The summed E-state index contributed by atoms with van der Waals surface area (Å²) in [5.41, 5.74) is 2.47. The van der Waals surface area contributed by atoms with Gasteiger partial charge in [0.25, 0.3) is 5.91 Å². The van der Waals surface area contributed by atoms with Gasteiger partial charge in [-0.1, -0.05) is 42.1 Å². The van der Waals surface area contributed by atoms with Crippen molar-refractivity contribution in [3.05, 3.63) is 52.5 Å². The van der Waals surface area contributed by atoms with E-state index in [1.807, 2.05) is 36.4 Å². The Hall–Kier alpha value is -2.01. The van der Waals surface area contributed by atoms with Crippen LogP contribution in [0.3, 0.4) is 0 Å². The Labute approximate surface area is 177 Å². The Morgan fingerprint density at radius 2 is 1.71 bits per heavy atom. The summed E-state index contributed by atoms with van der Waals surface area (Å²) in [4.78, 5) is 15.1. The van der Waals surface area contributed by atoms with Gasteiger partial charge >= 0.3 is 0 Å². The molecule has 0 radical (unpaired) electrons. The SMILES string of the molecule is CCCCCCOc1ccc(Br)cc1C(=O)Nc1ccc(N(CC)CC)cc1. The van der Waals surface area contributed by atoms with Gasteiger partial charge in [-0.2, -0.15) is 0 Å². The van der Waals surface area contributed by atoms with Gasteiger partial charge in [-0.3, -0.25) is 4.79 Å². The molecule has 0 aliphatic rings. The minimum Gasteiger partial charge on any atom is -0.493 e. The van der Waals surface area contributed by atoms with Crippen LogP contribution in [-0.2, 0) is 0 Å². The lowest BCUT2D eigenvalue weighted by atomic mass is 10.1.